The van der Waals surface area contributed by atoms with Gasteiger partial charge in [-0.3, -0.25) is 0 Å². The Morgan fingerprint density at radius 3 is 1.02 bits per heavy atom. The third-order valence-electron chi connectivity index (χ3n) is 10.0. The van der Waals surface area contributed by atoms with Crippen LogP contribution in [-0.2, 0) is 0 Å². The van der Waals surface area contributed by atoms with Crippen molar-refractivity contribution in [2.75, 3.05) is 0 Å². The van der Waals surface area contributed by atoms with Crippen molar-refractivity contribution in [2.45, 2.75) is 6.92 Å². The second kappa shape index (κ2) is 16.8. The minimum absolute atomic E-state index is 1.17. The van der Waals surface area contributed by atoms with E-state index in [1.807, 2.05) is 24.3 Å². The molecular formula is C55H42. The Labute approximate surface area is 325 Å². The van der Waals surface area contributed by atoms with Crippen LogP contribution in [0.3, 0.4) is 0 Å². The monoisotopic (exact) mass is 702 g/mol. The van der Waals surface area contributed by atoms with Crippen LogP contribution in [0.4, 0.5) is 0 Å². The number of fused-ring (bicyclic) bond motifs is 2. The Morgan fingerprint density at radius 1 is 0.309 bits per heavy atom. The fourth-order valence-corrected chi connectivity index (χ4v) is 7.28. The number of aryl methyl sites for hydroxylation is 1. The third kappa shape index (κ3) is 8.15. The van der Waals surface area contributed by atoms with E-state index in [1.54, 1.807) is 0 Å². The van der Waals surface area contributed by atoms with E-state index in [2.05, 4.69) is 219 Å². The highest BCUT2D eigenvalue weighted by Crippen LogP contribution is 2.43. The van der Waals surface area contributed by atoms with Gasteiger partial charge in [0.25, 0.3) is 0 Å². The summed E-state index contributed by atoms with van der Waals surface area (Å²) in [6.45, 7) is 2.08. The summed E-state index contributed by atoms with van der Waals surface area (Å²) in [5.74, 6) is 0. The van der Waals surface area contributed by atoms with Crippen molar-refractivity contribution >= 4 is 45.3 Å². The molecule has 0 nitrogen and oxygen atoms in total. The molecule has 0 aliphatic carbocycles. The zero-order chi connectivity index (χ0) is 37.2. The topological polar surface area (TPSA) is 0 Å². The quantitative estimate of drug-likeness (QED) is 0.115. The molecule has 0 fully saturated rings. The molecule has 262 valence electrons. The van der Waals surface area contributed by atoms with E-state index in [0.717, 1.165) is 0 Å². The summed E-state index contributed by atoms with van der Waals surface area (Å²) in [7, 11) is 0. The van der Waals surface area contributed by atoms with E-state index in [1.165, 1.54) is 82.8 Å². The van der Waals surface area contributed by atoms with Crippen LogP contribution < -0.4 is 0 Å². The Kier molecular flexibility index (Phi) is 10.7. The molecule has 0 spiro atoms. The lowest BCUT2D eigenvalue weighted by Crippen LogP contribution is -1.91. The summed E-state index contributed by atoms with van der Waals surface area (Å²) in [4.78, 5) is 0. The van der Waals surface area contributed by atoms with Crippen LogP contribution in [0.25, 0.3) is 67.6 Å². The molecule has 0 heteroatoms. The molecule has 9 aromatic carbocycles. The van der Waals surface area contributed by atoms with Gasteiger partial charge in [0.05, 0.1) is 0 Å². The highest BCUT2D eigenvalue weighted by Gasteiger charge is 2.16. The molecule has 0 saturated heterocycles. The first-order valence-corrected chi connectivity index (χ1v) is 18.9. The second-order valence-electron chi connectivity index (χ2n) is 13.8. The van der Waals surface area contributed by atoms with E-state index in [9.17, 15) is 0 Å². The van der Waals surface area contributed by atoms with Crippen molar-refractivity contribution in [3.05, 3.63) is 252 Å². The molecule has 9 aromatic rings. The van der Waals surface area contributed by atoms with Crippen LogP contribution in [-0.4, -0.2) is 0 Å². The molecule has 0 heterocycles. The largest absolute Gasteiger partial charge is 0.0622 e. The molecule has 0 saturated carbocycles. The van der Waals surface area contributed by atoms with E-state index in [-0.39, 0.29) is 0 Å². The lowest BCUT2D eigenvalue weighted by Gasteiger charge is -2.18. The molecule has 0 bridgehead atoms. The van der Waals surface area contributed by atoms with E-state index >= 15 is 0 Å². The normalized spacial score (nSPS) is 10.9. The molecule has 0 aromatic heterocycles. The van der Waals surface area contributed by atoms with Gasteiger partial charge in [-0.15, -0.1) is 0 Å². The van der Waals surface area contributed by atoms with Gasteiger partial charge >= 0.3 is 0 Å². The first-order chi connectivity index (χ1) is 27.2. The van der Waals surface area contributed by atoms with E-state index in [4.69, 9.17) is 0 Å². The second-order valence-corrected chi connectivity index (χ2v) is 13.8. The van der Waals surface area contributed by atoms with Gasteiger partial charge in [0, 0.05) is 0 Å². The van der Waals surface area contributed by atoms with Gasteiger partial charge in [0.1, 0.15) is 0 Å². The van der Waals surface area contributed by atoms with Crippen LogP contribution in [0, 0.1) is 6.92 Å². The molecule has 0 unspecified atom stereocenters. The van der Waals surface area contributed by atoms with Crippen LogP contribution in [0.15, 0.2) is 218 Å². The van der Waals surface area contributed by atoms with Gasteiger partial charge in [0.15, 0.2) is 0 Å². The van der Waals surface area contributed by atoms with Crippen LogP contribution >= 0.6 is 0 Å². The summed E-state index contributed by atoms with van der Waals surface area (Å²) in [6.07, 6.45) is 6.65. The first kappa shape index (κ1) is 35.0. The Morgan fingerprint density at radius 2 is 0.636 bits per heavy atom. The molecule has 0 radical (unpaired) electrons. The molecule has 0 atom stereocenters. The highest BCUT2D eigenvalue weighted by atomic mass is 14.2. The number of rotatable bonds is 7. The van der Waals surface area contributed by atoms with Gasteiger partial charge in [-0.2, -0.15) is 0 Å². The van der Waals surface area contributed by atoms with Gasteiger partial charge in [-0.1, -0.05) is 236 Å². The summed E-state index contributed by atoms with van der Waals surface area (Å²) >= 11 is 0. The third-order valence-corrected chi connectivity index (χ3v) is 10.0. The van der Waals surface area contributed by atoms with Crippen molar-refractivity contribution in [3.63, 3.8) is 0 Å². The standard InChI is InChI=1S/C48H34.C7H8/c1-4-14-35(15-5-1)24-25-36-26-30-40(31-27-36)47-42-20-10-12-22-44(42)48(45-23-13-11-21-43(45)47)41-32-28-37(29-33-41)34-46(38-16-6-2-7-17-38)39-18-8-3-9-19-39;1-7-5-3-2-4-6-7/h1-34H;2-6H,1H3. The Bertz CT molecular complexity index is 2590. The SMILES string of the molecule is C(=Cc1ccc(-c2c3ccccc3c(-c3ccc(C=C(c4ccccc4)c4ccccc4)cc3)c3ccccc23)cc1)c1ccccc1.Cc1ccccc1. The number of benzene rings is 9. The van der Waals surface area contributed by atoms with Crippen molar-refractivity contribution in [1.29, 1.82) is 0 Å². The molecule has 0 amide bonds. The van der Waals surface area contributed by atoms with Gasteiger partial charge in [0.2, 0.25) is 0 Å². The van der Waals surface area contributed by atoms with Crippen LogP contribution in [0.1, 0.15) is 33.4 Å². The lowest BCUT2D eigenvalue weighted by molar-refractivity contribution is 1.48. The molecule has 0 N–H and O–H groups in total. The van der Waals surface area contributed by atoms with Crippen LogP contribution in [0.2, 0.25) is 0 Å². The lowest BCUT2D eigenvalue weighted by atomic mass is 9.85. The van der Waals surface area contributed by atoms with Gasteiger partial charge in [-0.25, -0.2) is 0 Å². The maximum absolute atomic E-state index is 2.30. The Balaban J connectivity index is 0.000000551. The Hall–Kier alpha value is -7.02. The zero-order valence-corrected chi connectivity index (χ0v) is 31.0. The predicted molar refractivity (Wildman–Crippen MR) is 239 cm³/mol. The van der Waals surface area contributed by atoms with Crippen molar-refractivity contribution in [1.82, 2.24) is 0 Å². The molecule has 0 aliphatic rings. The summed E-state index contributed by atoms with van der Waals surface area (Å²) in [6, 6.07) is 77.7. The molecule has 0 aliphatic heterocycles. The minimum atomic E-state index is 1.17. The summed E-state index contributed by atoms with van der Waals surface area (Å²) in [5, 5.41) is 5.05. The van der Waals surface area contributed by atoms with Gasteiger partial charge in [-0.05, 0) is 90.2 Å². The first-order valence-electron chi connectivity index (χ1n) is 18.9. The molecular weight excluding hydrogens is 661 g/mol. The fraction of sp³-hybridized carbons (Fsp3) is 0.0182. The average molecular weight is 703 g/mol. The molecule has 55 heavy (non-hydrogen) atoms. The molecule has 9 rings (SSSR count). The van der Waals surface area contributed by atoms with Crippen molar-refractivity contribution in [2.24, 2.45) is 0 Å². The maximum atomic E-state index is 2.30. The van der Waals surface area contributed by atoms with Crippen LogP contribution in [0.5, 0.6) is 0 Å². The minimum Gasteiger partial charge on any atom is -0.0622 e. The predicted octanol–water partition coefficient (Wildman–Crippen LogP) is 15.1. The zero-order valence-electron chi connectivity index (χ0n) is 31.0. The van der Waals surface area contributed by atoms with E-state index in [0.29, 0.717) is 0 Å². The summed E-state index contributed by atoms with van der Waals surface area (Å²) in [5.41, 5.74) is 13.5. The summed E-state index contributed by atoms with van der Waals surface area (Å²) < 4.78 is 0. The number of hydrogen-bond donors (Lipinski definition) is 0. The fourth-order valence-electron chi connectivity index (χ4n) is 7.28. The van der Waals surface area contributed by atoms with Crippen molar-refractivity contribution in [3.8, 4) is 22.3 Å². The smallest absolute Gasteiger partial charge is 0.00264 e. The maximum Gasteiger partial charge on any atom is -0.00264 e. The van der Waals surface area contributed by atoms with Gasteiger partial charge < -0.3 is 0 Å². The number of hydrogen-bond acceptors (Lipinski definition) is 0. The highest BCUT2D eigenvalue weighted by molar-refractivity contribution is 6.21. The average Bonchev–Trinajstić information content (AvgIpc) is 3.26. The van der Waals surface area contributed by atoms with Crippen molar-refractivity contribution < 1.29 is 0 Å². The van der Waals surface area contributed by atoms with E-state index < -0.39 is 0 Å².